The summed E-state index contributed by atoms with van der Waals surface area (Å²) in [5.74, 6) is 0. The topological polar surface area (TPSA) is 18.5 Å². The summed E-state index contributed by atoms with van der Waals surface area (Å²) in [6.45, 7) is 1.58. The molecule has 0 amide bonds. The molecule has 16 heavy (non-hydrogen) atoms. The van der Waals surface area contributed by atoms with Crippen LogP contribution in [0.2, 0.25) is 0 Å². The monoisotopic (exact) mass is 214 g/mol. The van der Waals surface area contributed by atoms with Crippen LogP contribution in [0.4, 0.5) is 0 Å². The highest BCUT2D eigenvalue weighted by atomic mass is 16.7. The lowest BCUT2D eigenvalue weighted by atomic mass is 10.1. The Hall–Kier alpha value is -1.38. The molecule has 3 rings (SSSR count). The van der Waals surface area contributed by atoms with E-state index in [0.717, 1.165) is 25.2 Å². The number of benzene rings is 2. The van der Waals surface area contributed by atoms with Gasteiger partial charge < -0.3 is 9.47 Å². The van der Waals surface area contributed by atoms with Gasteiger partial charge in [0.2, 0.25) is 0 Å². The molecule has 1 aliphatic rings. The molecule has 1 aliphatic heterocycles. The first kappa shape index (κ1) is 9.82. The van der Waals surface area contributed by atoms with Gasteiger partial charge in [-0.1, -0.05) is 36.4 Å². The molecule has 0 atom stereocenters. The van der Waals surface area contributed by atoms with Gasteiger partial charge in [-0.05, 0) is 23.3 Å². The zero-order valence-electron chi connectivity index (χ0n) is 9.06. The van der Waals surface area contributed by atoms with Crippen LogP contribution in [0.15, 0.2) is 42.5 Å². The number of rotatable bonds is 1. The summed E-state index contributed by atoms with van der Waals surface area (Å²) in [6.07, 6.45) is 0.808. The summed E-state index contributed by atoms with van der Waals surface area (Å²) in [5, 5.41) is 2.49. The second-order valence-electron chi connectivity index (χ2n) is 4.03. The molecule has 0 N–H and O–H groups in total. The zero-order valence-corrected chi connectivity index (χ0v) is 9.06. The van der Waals surface area contributed by atoms with Crippen LogP contribution in [-0.4, -0.2) is 13.2 Å². The molecule has 0 radical (unpaired) electrons. The fourth-order valence-corrected chi connectivity index (χ4v) is 2.03. The van der Waals surface area contributed by atoms with E-state index in [0.29, 0.717) is 0 Å². The highest BCUT2D eigenvalue weighted by Gasteiger charge is 2.16. The fraction of sp³-hybridized carbons (Fsp3) is 0.286. The van der Waals surface area contributed by atoms with Gasteiger partial charge in [0.15, 0.2) is 6.29 Å². The van der Waals surface area contributed by atoms with Crippen molar-refractivity contribution >= 4 is 10.8 Å². The second kappa shape index (κ2) is 4.24. The van der Waals surface area contributed by atoms with E-state index in [-0.39, 0.29) is 6.29 Å². The second-order valence-corrected chi connectivity index (χ2v) is 4.03. The van der Waals surface area contributed by atoms with Crippen molar-refractivity contribution in [1.82, 2.24) is 0 Å². The lowest BCUT2D eigenvalue weighted by Crippen LogP contribution is -2.17. The first-order valence-electron chi connectivity index (χ1n) is 5.65. The van der Waals surface area contributed by atoms with Crippen LogP contribution in [0, 0.1) is 0 Å². The van der Waals surface area contributed by atoms with Crippen LogP contribution < -0.4 is 0 Å². The van der Waals surface area contributed by atoms with Gasteiger partial charge in [-0.25, -0.2) is 0 Å². The molecule has 1 fully saturated rings. The predicted octanol–water partition coefficient (Wildman–Crippen LogP) is 3.28. The molecule has 2 nitrogen and oxygen atoms in total. The molecule has 0 spiro atoms. The van der Waals surface area contributed by atoms with E-state index < -0.39 is 0 Å². The van der Waals surface area contributed by atoms with E-state index in [4.69, 9.17) is 9.47 Å². The summed E-state index contributed by atoms with van der Waals surface area (Å²) in [4.78, 5) is 0. The molecule has 2 aromatic rings. The van der Waals surface area contributed by atoms with Crippen molar-refractivity contribution in [3.63, 3.8) is 0 Å². The first-order valence-corrected chi connectivity index (χ1v) is 5.65. The average molecular weight is 214 g/mol. The third kappa shape index (κ3) is 1.82. The molecule has 1 saturated heterocycles. The Labute approximate surface area is 94.8 Å². The summed E-state index contributed by atoms with van der Waals surface area (Å²) >= 11 is 0. The summed E-state index contributed by atoms with van der Waals surface area (Å²) in [7, 11) is 0. The SMILES string of the molecule is c1ccc2cc(C3OCCCO3)ccc2c1. The van der Waals surface area contributed by atoms with Gasteiger partial charge in [0.25, 0.3) is 0 Å². The average Bonchev–Trinajstić information content (AvgIpc) is 2.39. The molecule has 0 aromatic heterocycles. The minimum Gasteiger partial charge on any atom is -0.348 e. The van der Waals surface area contributed by atoms with E-state index >= 15 is 0 Å². The van der Waals surface area contributed by atoms with Crippen LogP contribution in [0.25, 0.3) is 10.8 Å². The van der Waals surface area contributed by atoms with Crippen LogP contribution >= 0.6 is 0 Å². The van der Waals surface area contributed by atoms with Gasteiger partial charge in [0, 0.05) is 5.56 Å². The predicted molar refractivity (Wildman–Crippen MR) is 63.2 cm³/mol. The van der Waals surface area contributed by atoms with Gasteiger partial charge in [0.05, 0.1) is 13.2 Å². The maximum Gasteiger partial charge on any atom is 0.183 e. The molecule has 2 aromatic carbocycles. The Balaban J connectivity index is 1.97. The first-order chi connectivity index (χ1) is 7.93. The summed E-state index contributed by atoms with van der Waals surface area (Å²) in [5.41, 5.74) is 1.11. The van der Waals surface area contributed by atoms with Crippen LogP contribution in [0.1, 0.15) is 18.3 Å². The van der Waals surface area contributed by atoms with E-state index in [2.05, 4.69) is 42.5 Å². The number of hydrogen-bond acceptors (Lipinski definition) is 2. The molecule has 0 aliphatic carbocycles. The molecule has 0 bridgehead atoms. The lowest BCUT2D eigenvalue weighted by molar-refractivity contribution is -0.182. The minimum atomic E-state index is -0.182. The van der Waals surface area contributed by atoms with Crippen LogP contribution in [0.3, 0.4) is 0 Å². The number of ether oxygens (including phenoxy) is 2. The third-order valence-corrected chi connectivity index (χ3v) is 2.87. The summed E-state index contributed by atoms with van der Waals surface area (Å²) in [6, 6.07) is 14.7. The smallest absolute Gasteiger partial charge is 0.183 e. The van der Waals surface area contributed by atoms with Crippen molar-refractivity contribution in [2.24, 2.45) is 0 Å². The minimum absolute atomic E-state index is 0.182. The highest BCUT2D eigenvalue weighted by Crippen LogP contribution is 2.25. The highest BCUT2D eigenvalue weighted by molar-refractivity contribution is 5.83. The molecule has 2 heteroatoms. The van der Waals surface area contributed by atoms with Crippen molar-refractivity contribution in [3.8, 4) is 0 Å². The fourth-order valence-electron chi connectivity index (χ4n) is 2.03. The molecular formula is C14H14O2. The van der Waals surface area contributed by atoms with E-state index in [1.165, 1.54) is 10.8 Å². The van der Waals surface area contributed by atoms with Crippen molar-refractivity contribution < 1.29 is 9.47 Å². The standard InChI is InChI=1S/C14H14O2/c1-2-5-12-10-13(7-6-11(12)4-1)14-15-8-3-9-16-14/h1-2,4-7,10,14H,3,8-9H2. The lowest BCUT2D eigenvalue weighted by Gasteiger charge is -2.23. The Morgan fingerprint density at radius 2 is 1.62 bits per heavy atom. The Morgan fingerprint density at radius 3 is 2.44 bits per heavy atom. The zero-order chi connectivity index (χ0) is 10.8. The van der Waals surface area contributed by atoms with Gasteiger partial charge in [0.1, 0.15) is 0 Å². The molecule has 0 unspecified atom stereocenters. The molecule has 82 valence electrons. The maximum absolute atomic E-state index is 5.59. The maximum atomic E-state index is 5.59. The Morgan fingerprint density at radius 1 is 0.875 bits per heavy atom. The summed E-state index contributed by atoms with van der Waals surface area (Å²) < 4.78 is 11.2. The molecular weight excluding hydrogens is 200 g/mol. The van der Waals surface area contributed by atoms with Gasteiger partial charge in [-0.2, -0.15) is 0 Å². The van der Waals surface area contributed by atoms with Crippen LogP contribution in [0.5, 0.6) is 0 Å². The van der Waals surface area contributed by atoms with Crippen LogP contribution in [-0.2, 0) is 9.47 Å². The van der Waals surface area contributed by atoms with Crippen molar-refractivity contribution in [2.75, 3.05) is 13.2 Å². The van der Waals surface area contributed by atoms with Crippen molar-refractivity contribution in [1.29, 1.82) is 0 Å². The van der Waals surface area contributed by atoms with Crippen molar-refractivity contribution in [2.45, 2.75) is 12.7 Å². The van der Waals surface area contributed by atoms with Crippen molar-refractivity contribution in [3.05, 3.63) is 48.0 Å². The third-order valence-electron chi connectivity index (χ3n) is 2.87. The van der Waals surface area contributed by atoms with E-state index in [1.807, 2.05) is 0 Å². The molecule has 1 heterocycles. The largest absolute Gasteiger partial charge is 0.348 e. The number of fused-ring (bicyclic) bond motifs is 1. The Kier molecular flexibility index (Phi) is 2.60. The van der Waals surface area contributed by atoms with Gasteiger partial charge in [-0.3, -0.25) is 0 Å². The number of hydrogen-bond donors (Lipinski definition) is 0. The quantitative estimate of drug-likeness (QED) is 0.725. The van der Waals surface area contributed by atoms with E-state index in [9.17, 15) is 0 Å². The van der Waals surface area contributed by atoms with E-state index in [1.54, 1.807) is 0 Å². The van der Waals surface area contributed by atoms with Gasteiger partial charge in [-0.15, -0.1) is 0 Å². The Bertz CT molecular complexity index is 487. The normalized spacial score (nSPS) is 17.8. The molecule has 0 saturated carbocycles. The van der Waals surface area contributed by atoms with Gasteiger partial charge >= 0.3 is 0 Å².